The van der Waals surface area contributed by atoms with Gasteiger partial charge in [-0.15, -0.1) is 4.40 Å². The Hall–Kier alpha value is -3.98. The van der Waals surface area contributed by atoms with E-state index in [1.165, 1.54) is 6.07 Å². The van der Waals surface area contributed by atoms with Crippen molar-refractivity contribution in [2.24, 2.45) is 4.40 Å². The number of imidazole rings is 1. The van der Waals surface area contributed by atoms with Crippen molar-refractivity contribution >= 4 is 38.5 Å². The largest absolute Gasteiger partial charge is 0.342 e. The lowest BCUT2D eigenvalue weighted by atomic mass is 10.1. The fourth-order valence-electron chi connectivity index (χ4n) is 3.56. The van der Waals surface area contributed by atoms with Gasteiger partial charge in [-0.2, -0.15) is 8.42 Å². The SMILES string of the molecule is CC(NC(=O)c1ccc(NC2=NS(=O)(=O)c3ccccc32)cc1)c1nc2ccccc2[nH]1. The quantitative estimate of drug-likeness (QED) is 0.444. The van der Waals surface area contributed by atoms with E-state index >= 15 is 0 Å². The Labute approximate surface area is 184 Å². The average Bonchev–Trinajstić information content (AvgIpc) is 3.33. The summed E-state index contributed by atoms with van der Waals surface area (Å²) in [7, 11) is -3.69. The van der Waals surface area contributed by atoms with E-state index in [1.807, 2.05) is 31.2 Å². The minimum Gasteiger partial charge on any atom is -0.342 e. The number of amides is 1. The first-order chi connectivity index (χ1) is 15.4. The van der Waals surface area contributed by atoms with Crippen LogP contribution in [0.3, 0.4) is 0 Å². The van der Waals surface area contributed by atoms with Crippen LogP contribution in [0.15, 0.2) is 82.1 Å². The number of H-pyrrole nitrogens is 1. The highest BCUT2D eigenvalue weighted by Crippen LogP contribution is 2.26. The monoisotopic (exact) mass is 445 g/mol. The second kappa shape index (κ2) is 7.61. The van der Waals surface area contributed by atoms with Crippen LogP contribution < -0.4 is 10.6 Å². The van der Waals surface area contributed by atoms with Crippen molar-refractivity contribution in [1.29, 1.82) is 0 Å². The second-order valence-corrected chi connectivity index (χ2v) is 9.02. The van der Waals surface area contributed by atoms with Gasteiger partial charge in [0.15, 0.2) is 5.84 Å². The molecule has 1 aliphatic heterocycles. The minimum absolute atomic E-state index is 0.179. The molecule has 1 aromatic heterocycles. The lowest BCUT2D eigenvalue weighted by molar-refractivity contribution is 0.0938. The molecule has 1 unspecified atom stereocenters. The van der Waals surface area contributed by atoms with E-state index < -0.39 is 10.0 Å². The van der Waals surface area contributed by atoms with Gasteiger partial charge in [0.1, 0.15) is 10.7 Å². The van der Waals surface area contributed by atoms with Gasteiger partial charge in [-0.3, -0.25) is 4.79 Å². The molecule has 0 saturated carbocycles. The number of anilines is 1. The number of hydrogen-bond acceptors (Lipinski definition) is 5. The normalized spacial score (nSPS) is 15.1. The van der Waals surface area contributed by atoms with Gasteiger partial charge in [-0.05, 0) is 55.5 Å². The van der Waals surface area contributed by atoms with Crippen molar-refractivity contribution in [2.75, 3.05) is 5.32 Å². The molecule has 2 heterocycles. The number of carbonyl (C=O) groups excluding carboxylic acids is 1. The maximum Gasteiger partial charge on any atom is 0.285 e. The molecule has 1 amide bonds. The van der Waals surface area contributed by atoms with Gasteiger partial charge in [0.05, 0.1) is 17.1 Å². The molecule has 8 nitrogen and oxygen atoms in total. The zero-order valence-electron chi connectivity index (χ0n) is 17.0. The number of sulfonamides is 1. The lowest BCUT2D eigenvalue weighted by Crippen LogP contribution is -2.27. The third kappa shape index (κ3) is 3.63. The van der Waals surface area contributed by atoms with Crippen molar-refractivity contribution < 1.29 is 13.2 Å². The van der Waals surface area contributed by atoms with E-state index in [1.54, 1.807) is 42.5 Å². The van der Waals surface area contributed by atoms with Crippen molar-refractivity contribution in [3.8, 4) is 0 Å². The molecule has 1 aliphatic rings. The molecule has 32 heavy (non-hydrogen) atoms. The summed E-state index contributed by atoms with van der Waals surface area (Å²) in [5.41, 5.74) is 3.38. The zero-order chi connectivity index (χ0) is 22.3. The number of nitrogens with one attached hydrogen (secondary N) is 3. The van der Waals surface area contributed by atoms with E-state index in [0.717, 1.165) is 11.0 Å². The van der Waals surface area contributed by atoms with Gasteiger partial charge in [-0.1, -0.05) is 24.3 Å². The first kappa shape index (κ1) is 20.0. The smallest absolute Gasteiger partial charge is 0.285 e. The van der Waals surface area contributed by atoms with Crippen molar-refractivity contribution in [1.82, 2.24) is 15.3 Å². The topological polar surface area (TPSA) is 116 Å². The molecule has 0 spiro atoms. The zero-order valence-corrected chi connectivity index (χ0v) is 17.8. The molecule has 4 aromatic rings. The molecular weight excluding hydrogens is 426 g/mol. The van der Waals surface area contributed by atoms with Crippen LogP contribution in [0.1, 0.15) is 34.7 Å². The average molecular weight is 446 g/mol. The van der Waals surface area contributed by atoms with Crippen molar-refractivity contribution in [3.63, 3.8) is 0 Å². The summed E-state index contributed by atoms with van der Waals surface area (Å²) in [6.45, 7) is 1.86. The maximum absolute atomic E-state index is 12.7. The van der Waals surface area contributed by atoms with Crippen LogP contribution in [0, 0.1) is 0 Å². The lowest BCUT2D eigenvalue weighted by Gasteiger charge is -2.12. The minimum atomic E-state index is -3.69. The molecule has 0 bridgehead atoms. The van der Waals surface area contributed by atoms with Gasteiger partial charge in [-0.25, -0.2) is 4.98 Å². The summed E-state index contributed by atoms with van der Waals surface area (Å²) >= 11 is 0. The molecule has 5 rings (SSSR count). The molecule has 3 N–H and O–H groups in total. The van der Waals surface area contributed by atoms with Gasteiger partial charge in [0, 0.05) is 16.8 Å². The molecule has 3 aromatic carbocycles. The Morgan fingerprint density at radius 3 is 2.47 bits per heavy atom. The molecule has 0 saturated heterocycles. The molecular formula is C23H19N5O3S. The molecule has 9 heteroatoms. The molecule has 160 valence electrons. The Balaban J connectivity index is 1.29. The third-order valence-electron chi connectivity index (χ3n) is 5.21. The predicted molar refractivity (Wildman–Crippen MR) is 122 cm³/mol. The summed E-state index contributed by atoms with van der Waals surface area (Å²) in [6.07, 6.45) is 0. The van der Waals surface area contributed by atoms with Crippen LogP contribution in [0.25, 0.3) is 11.0 Å². The first-order valence-electron chi connectivity index (χ1n) is 9.98. The fraction of sp³-hybridized carbons (Fsp3) is 0.0870. The maximum atomic E-state index is 12.7. The number of aromatic amines is 1. The molecule has 1 atom stereocenters. The van der Waals surface area contributed by atoms with Crippen molar-refractivity contribution in [3.05, 3.63) is 89.7 Å². The number of aromatic nitrogens is 2. The van der Waals surface area contributed by atoms with E-state index in [9.17, 15) is 13.2 Å². The number of benzene rings is 3. The van der Waals surface area contributed by atoms with Gasteiger partial charge >= 0.3 is 0 Å². The number of amidine groups is 1. The van der Waals surface area contributed by atoms with E-state index in [-0.39, 0.29) is 22.7 Å². The highest BCUT2D eigenvalue weighted by atomic mass is 32.2. The van der Waals surface area contributed by atoms with Gasteiger partial charge < -0.3 is 15.6 Å². The van der Waals surface area contributed by atoms with Crippen LogP contribution in [-0.2, 0) is 10.0 Å². The number of carbonyl (C=O) groups is 1. The van der Waals surface area contributed by atoms with Crippen LogP contribution in [0.4, 0.5) is 5.69 Å². The summed E-state index contributed by atoms with van der Waals surface area (Å²) in [4.78, 5) is 20.6. The highest BCUT2D eigenvalue weighted by molar-refractivity contribution is 7.90. The van der Waals surface area contributed by atoms with Gasteiger partial charge in [0.2, 0.25) is 0 Å². The Bertz CT molecular complexity index is 1440. The second-order valence-electron chi connectivity index (χ2n) is 7.45. The molecule has 0 fully saturated rings. The van der Waals surface area contributed by atoms with Crippen LogP contribution in [0.2, 0.25) is 0 Å². The highest BCUT2D eigenvalue weighted by Gasteiger charge is 2.28. The van der Waals surface area contributed by atoms with Crippen LogP contribution in [0.5, 0.6) is 0 Å². The Morgan fingerprint density at radius 1 is 0.969 bits per heavy atom. The molecule has 0 radical (unpaired) electrons. The van der Waals surface area contributed by atoms with Crippen LogP contribution in [-0.4, -0.2) is 30.1 Å². The fourth-order valence-corrected chi connectivity index (χ4v) is 4.74. The Morgan fingerprint density at radius 2 is 1.69 bits per heavy atom. The number of rotatable bonds is 4. The summed E-state index contributed by atoms with van der Waals surface area (Å²) in [6, 6.07) is 20.8. The van der Waals surface area contributed by atoms with Gasteiger partial charge in [0.25, 0.3) is 15.9 Å². The predicted octanol–water partition coefficient (Wildman–Crippen LogP) is 3.61. The van der Waals surface area contributed by atoms with E-state index in [0.29, 0.717) is 22.6 Å². The van der Waals surface area contributed by atoms with E-state index in [4.69, 9.17) is 0 Å². The first-order valence-corrected chi connectivity index (χ1v) is 11.4. The third-order valence-corrected chi connectivity index (χ3v) is 6.54. The molecule has 0 aliphatic carbocycles. The number of para-hydroxylation sites is 2. The van der Waals surface area contributed by atoms with E-state index in [2.05, 4.69) is 25.0 Å². The van der Waals surface area contributed by atoms with Crippen LogP contribution >= 0.6 is 0 Å². The standard InChI is InChI=1S/C23H19N5O3S/c1-14(21-26-18-7-3-4-8-19(18)27-21)24-23(29)15-10-12-16(13-11-15)25-22-17-6-2-5-9-20(17)32(30,31)28-22/h2-14H,1H3,(H,24,29)(H,25,28)(H,26,27). The Kier molecular flexibility index (Phi) is 4.75. The van der Waals surface area contributed by atoms with Crippen molar-refractivity contribution in [2.45, 2.75) is 17.9 Å². The number of hydrogen-bond donors (Lipinski definition) is 3. The number of nitrogens with zero attached hydrogens (tertiary/aromatic N) is 2. The summed E-state index contributed by atoms with van der Waals surface area (Å²) in [5, 5.41) is 5.96. The summed E-state index contributed by atoms with van der Waals surface area (Å²) < 4.78 is 28.2. The summed E-state index contributed by atoms with van der Waals surface area (Å²) in [5.74, 6) is 0.698. The number of fused-ring (bicyclic) bond motifs is 2.